The predicted octanol–water partition coefficient (Wildman–Crippen LogP) is 3.31. The van der Waals surface area contributed by atoms with Crippen LogP contribution in [0.3, 0.4) is 0 Å². The van der Waals surface area contributed by atoms with E-state index in [2.05, 4.69) is 10.2 Å². The minimum absolute atomic E-state index is 0.144. The molecule has 0 aliphatic carbocycles. The Morgan fingerprint density at radius 3 is 2.21 bits per heavy atom. The van der Waals surface area contributed by atoms with Crippen LogP contribution in [0.5, 0.6) is 0 Å². The minimum atomic E-state index is -0.593. The van der Waals surface area contributed by atoms with Crippen molar-refractivity contribution in [3.63, 3.8) is 0 Å². The fraction of sp³-hybridized carbons (Fsp3) is 0.435. The van der Waals surface area contributed by atoms with Gasteiger partial charge in [0, 0.05) is 31.9 Å². The zero-order valence-corrected chi connectivity index (χ0v) is 19.8. The van der Waals surface area contributed by atoms with E-state index >= 15 is 0 Å². The van der Waals surface area contributed by atoms with E-state index in [4.69, 9.17) is 9.47 Å². The first-order valence-corrected chi connectivity index (χ1v) is 11.7. The summed E-state index contributed by atoms with van der Waals surface area (Å²) in [4.78, 5) is 41.9. The van der Waals surface area contributed by atoms with Gasteiger partial charge in [-0.2, -0.15) is 0 Å². The molecule has 1 aromatic carbocycles. The Balaban J connectivity index is 1.64. The van der Waals surface area contributed by atoms with Crippen molar-refractivity contribution in [2.24, 2.45) is 0 Å². The second-order valence-electron chi connectivity index (χ2n) is 7.49. The monoisotopic (exact) mass is 477 g/mol. The lowest BCUT2D eigenvalue weighted by Crippen LogP contribution is -2.48. The van der Waals surface area contributed by atoms with Crippen molar-refractivity contribution in [3.05, 3.63) is 46.1 Å². The van der Waals surface area contributed by atoms with E-state index in [0.717, 1.165) is 17.0 Å². The van der Waals surface area contributed by atoms with Crippen molar-refractivity contribution in [1.82, 2.24) is 4.90 Å². The van der Waals surface area contributed by atoms with Gasteiger partial charge in [-0.1, -0.05) is 0 Å². The van der Waals surface area contributed by atoms with Crippen molar-refractivity contribution < 1.29 is 28.2 Å². The lowest BCUT2D eigenvalue weighted by Gasteiger charge is -2.35. The first kappa shape index (κ1) is 24.7. The summed E-state index contributed by atoms with van der Waals surface area (Å²) in [5, 5.41) is 3.06. The number of halogens is 1. The zero-order valence-electron chi connectivity index (χ0n) is 19.0. The van der Waals surface area contributed by atoms with Gasteiger partial charge in [-0.25, -0.2) is 14.0 Å². The van der Waals surface area contributed by atoms with E-state index in [0.29, 0.717) is 31.7 Å². The van der Waals surface area contributed by atoms with Crippen LogP contribution in [0.1, 0.15) is 39.4 Å². The van der Waals surface area contributed by atoms with Crippen molar-refractivity contribution in [1.29, 1.82) is 0 Å². The highest BCUT2D eigenvalue weighted by molar-refractivity contribution is 7.18. The SMILES string of the molecule is CCOC(=O)c1sc(NC(=O)CN2CCN(c3ccc(F)cc3)CC2)c(C(=O)OCC)c1C. The molecule has 1 aromatic heterocycles. The molecule has 0 spiro atoms. The van der Waals surface area contributed by atoms with Gasteiger partial charge in [0.05, 0.1) is 25.3 Å². The molecule has 0 radical (unpaired) electrons. The second kappa shape index (κ2) is 11.2. The van der Waals surface area contributed by atoms with E-state index in [-0.39, 0.29) is 46.9 Å². The van der Waals surface area contributed by atoms with Crippen LogP contribution in [0, 0.1) is 12.7 Å². The molecule has 0 bridgehead atoms. The molecule has 33 heavy (non-hydrogen) atoms. The van der Waals surface area contributed by atoms with Crippen LogP contribution in [0.2, 0.25) is 0 Å². The molecule has 1 saturated heterocycles. The highest BCUT2D eigenvalue weighted by Gasteiger charge is 2.28. The van der Waals surface area contributed by atoms with E-state index in [1.165, 1.54) is 12.1 Å². The topological polar surface area (TPSA) is 88.2 Å². The Morgan fingerprint density at radius 1 is 1.00 bits per heavy atom. The summed E-state index contributed by atoms with van der Waals surface area (Å²) in [7, 11) is 0. The number of carbonyl (C=O) groups excluding carboxylic acids is 3. The summed E-state index contributed by atoms with van der Waals surface area (Å²) in [6, 6.07) is 6.36. The van der Waals surface area contributed by atoms with Crippen molar-refractivity contribution in [3.8, 4) is 0 Å². The molecule has 3 rings (SSSR count). The van der Waals surface area contributed by atoms with Crippen LogP contribution in [0.15, 0.2) is 24.3 Å². The minimum Gasteiger partial charge on any atom is -0.462 e. The number of benzene rings is 1. The number of esters is 2. The molecule has 1 aliphatic heterocycles. The van der Waals surface area contributed by atoms with Crippen LogP contribution < -0.4 is 10.2 Å². The number of ether oxygens (including phenoxy) is 2. The lowest BCUT2D eigenvalue weighted by molar-refractivity contribution is -0.117. The average molecular weight is 478 g/mol. The number of thiophene rings is 1. The van der Waals surface area contributed by atoms with E-state index < -0.39 is 11.9 Å². The second-order valence-corrected chi connectivity index (χ2v) is 8.51. The largest absolute Gasteiger partial charge is 0.462 e. The smallest absolute Gasteiger partial charge is 0.348 e. The third-order valence-corrected chi connectivity index (χ3v) is 6.46. The van der Waals surface area contributed by atoms with Gasteiger partial charge < -0.3 is 19.7 Å². The van der Waals surface area contributed by atoms with Gasteiger partial charge in [-0.05, 0) is 50.6 Å². The molecule has 0 saturated carbocycles. The molecule has 178 valence electrons. The summed E-state index contributed by atoms with van der Waals surface area (Å²) in [5.41, 5.74) is 1.56. The van der Waals surface area contributed by atoms with Gasteiger partial charge in [0.15, 0.2) is 0 Å². The molecule has 0 atom stereocenters. The fourth-order valence-corrected chi connectivity index (χ4v) is 4.73. The Hall–Kier alpha value is -2.98. The third kappa shape index (κ3) is 6.08. The van der Waals surface area contributed by atoms with E-state index in [1.54, 1.807) is 32.9 Å². The molecule has 1 amide bonds. The number of nitrogens with one attached hydrogen (secondary N) is 1. The number of hydrogen-bond acceptors (Lipinski definition) is 8. The van der Waals surface area contributed by atoms with Crippen LogP contribution in [-0.2, 0) is 14.3 Å². The molecule has 0 unspecified atom stereocenters. The Kier molecular flexibility index (Phi) is 8.40. The molecule has 10 heteroatoms. The quantitative estimate of drug-likeness (QED) is 0.584. The van der Waals surface area contributed by atoms with Gasteiger partial charge >= 0.3 is 11.9 Å². The predicted molar refractivity (Wildman–Crippen MR) is 125 cm³/mol. The Labute approximate surface area is 196 Å². The lowest BCUT2D eigenvalue weighted by atomic mass is 10.1. The van der Waals surface area contributed by atoms with Gasteiger partial charge in [-0.15, -0.1) is 11.3 Å². The molecular formula is C23H28FN3O5S. The molecule has 2 heterocycles. The van der Waals surface area contributed by atoms with Crippen LogP contribution in [0.25, 0.3) is 0 Å². The fourth-order valence-electron chi connectivity index (χ4n) is 3.63. The van der Waals surface area contributed by atoms with Gasteiger partial charge in [0.25, 0.3) is 0 Å². The zero-order chi connectivity index (χ0) is 24.0. The van der Waals surface area contributed by atoms with Crippen molar-refractivity contribution in [2.75, 3.05) is 56.2 Å². The highest BCUT2D eigenvalue weighted by Crippen LogP contribution is 2.34. The first-order chi connectivity index (χ1) is 15.8. The highest BCUT2D eigenvalue weighted by atomic mass is 32.1. The Morgan fingerprint density at radius 2 is 1.61 bits per heavy atom. The Bertz CT molecular complexity index is 1000. The first-order valence-electron chi connectivity index (χ1n) is 10.8. The van der Waals surface area contributed by atoms with Crippen LogP contribution in [0.4, 0.5) is 15.1 Å². The summed E-state index contributed by atoms with van der Waals surface area (Å²) in [5.74, 6) is -1.69. The summed E-state index contributed by atoms with van der Waals surface area (Å²) >= 11 is 1.01. The van der Waals surface area contributed by atoms with E-state index in [1.807, 2.05) is 4.90 Å². The maximum atomic E-state index is 13.1. The molecule has 1 aliphatic rings. The van der Waals surface area contributed by atoms with Crippen molar-refractivity contribution >= 4 is 39.9 Å². The third-order valence-electron chi connectivity index (χ3n) is 5.27. The maximum Gasteiger partial charge on any atom is 0.348 e. The van der Waals surface area contributed by atoms with Crippen LogP contribution in [-0.4, -0.2) is 68.7 Å². The number of piperazine rings is 1. The molecular weight excluding hydrogens is 449 g/mol. The summed E-state index contributed by atoms with van der Waals surface area (Å²) in [6.45, 7) is 8.29. The van der Waals surface area contributed by atoms with Crippen molar-refractivity contribution in [2.45, 2.75) is 20.8 Å². The van der Waals surface area contributed by atoms with Crippen LogP contribution >= 0.6 is 11.3 Å². The standard InChI is InChI=1S/C23H28FN3O5S/c1-4-31-22(29)19-15(3)20(23(30)32-5-2)33-21(19)25-18(28)14-26-10-12-27(13-11-26)17-8-6-16(24)7-9-17/h6-9H,4-5,10-14H2,1-3H3,(H,25,28). The molecule has 2 aromatic rings. The number of anilines is 2. The average Bonchev–Trinajstić information content (AvgIpc) is 3.11. The number of carbonyl (C=O) groups is 3. The normalized spacial score (nSPS) is 14.1. The van der Waals surface area contributed by atoms with Gasteiger partial charge in [-0.3, -0.25) is 9.69 Å². The van der Waals surface area contributed by atoms with E-state index in [9.17, 15) is 18.8 Å². The number of rotatable bonds is 8. The molecule has 1 N–H and O–H groups in total. The number of amides is 1. The number of hydrogen-bond donors (Lipinski definition) is 1. The summed E-state index contributed by atoms with van der Waals surface area (Å²) in [6.07, 6.45) is 0. The van der Waals surface area contributed by atoms with Gasteiger partial charge in [0.2, 0.25) is 5.91 Å². The maximum absolute atomic E-state index is 13.1. The summed E-state index contributed by atoms with van der Waals surface area (Å²) < 4.78 is 23.3. The number of nitrogens with zero attached hydrogens (tertiary/aromatic N) is 2. The molecule has 8 nitrogen and oxygen atoms in total. The van der Waals surface area contributed by atoms with Gasteiger partial charge in [0.1, 0.15) is 15.7 Å². The molecule has 1 fully saturated rings.